The molecule has 2 rings (SSSR count). The Morgan fingerprint density at radius 2 is 1.72 bits per heavy atom. The van der Waals surface area contributed by atoms with Crippen molar-refractivity contribution in [3.8, 4) is 0 Å². The summed E-state index contributed by atoms with van der Waals surface area (Å²) in [7, 11) is 3.88. The van der Waals surface area contributed by atoms with Gasteiger partial charge >= 0.3 is 6.92 Å². The van der Waals surface area contributed by atoms with Gasteiger partial charge in [0.1, 0.15) is 0 Å². The van der Waals surface area contributed by atoms with Crippen molar-refractivity contribution in [2.75, 3.05) is 19.0 Å². The quantitative estimate of drug-likeness (QED) is 0.743. The van der Waals surface area contributed by atoms with Gasteiger partial charge in [0.25, 0.3) is 0 Å². The highest BCUT2D eigenvalue weighted by Gasteiger charge is 2.49. The minimum atomic E-state index is -0.113. The van der Waals surface area contributed by atoms with Gasteiger partial charge in [-0.2, -0.15) is 0 Å². The van der Waals surface area contributed by atoms with Crippen molar-refractivity contribution in [3.05, 3.63) is 12.4 Å². The molecule has 0 amide bonds. The normalized spacial score (nSPS) is 21.1. The van der Waals surface area contributed by atoms with Crippen molar-refractivity contribution >= 4 is 18.3 Å². The molecule has 98 valence electrons. The van der Waals surface area contributed by atoms with Crippen molar-refractivity contribution in [1.82, 2.24) is 9.97 Å². The second-order valence-corrected chi connectivity index (χ2v) is 6.42. The van der Waals surface area contributed by atoms with E-state index in [9.17, 15) is 0 Å². The van der Waals surface area contributed by atoms with Crippen LogP contribution < -0.4 is 10.4 Å². The highest BCUT2D eigenvalue weighted by atomic mass is 16.5. The van der Waals surface area contributed by atoms with E-state index in [1.165, 1.54) is 0 Å². The largest absolute Gasteiger partial charge is 0.425 e. The Balaban J connectivity index is 2.19. The molecule has 1 fully saturated rings. The summed E-state index contributed by atoms with van der Waals surface area (Å²) in [5.41, 5.74) is 1.12. The Morgan fingerprint density at radius 3 is 2.11 bits per heavy atom. The summed E-state index contributed by atoms with van der Waals surface area (Å²) < 4.78 is 6.16. The first-order chi connectivity index (χ1) is 8.23. The second-order valence-electron chi connectivity index (χ2n) is 6.42. The summed E-state index contributed by atoms with van der Waals surface area (Å²) in [6.45, 7) is 8.92. The zero-order valence-electron chi connectivity index (χ0n) is 12.2. The molecule has 0 bridgehead atoms. The van der Waals surface area contributed by atoms with Crippen LogP contribution in [-0.2, 0) is 4.65 Å². The summed E-state index contributed by atoms with van der Waals surface area (Å²) in [5.74, 6) is 0.732. The Kier molecular flexibility index (Phi) is 3.13. The molecule has 0 aliphatic carbocycles. The minimum Gasteiger partial charge on any atom is -0.425 e. The highest BCUT2D eigenvalue weighted by molar-refractivity contribution is 6.68. The molecule has 4 nitrogen and oxygen atoms in total. The van der Waals surface area contributed by atoms with Crippen LogP contribution in [-0.4, -0.2) is 36.6 Å². The van der Waals surface area contributed by atoms with E-state index in [0.717, 1.165) is 17.7 Å². The first-order valence-corrected chi connectivity index (χ1v) is 6.40. The minimum absolute atomic E-state index is 0.103. The van der Waals surface area contributed by atoms with Gasteiger partial charge in [0.05, 0.1) is 5.60 Å². The zero-order valence-corrected chi connectivity index (χ0v) is 12.2. The number of rotatable bonds is 2. The van der Waals surface area contributed by atoms with Crippen LogP contribution in [0, 0.1) is 5.41 Å². The average molecular weight is 247 g/mol. The summed E-state index contributed by atoms with van der Waals surface area (Å²) in [5, 5.41) is 0. The van der Waals surface area contributed by atoms with Gasteiger partial charge in [0.2, 0.25) is 5.95 Å². The fraction of sp³-hybridized carbons (Fsp3) is 0.692. The van der Waals surface area contributed by atoms with Gasteiger partial charge in [-0.15, -0.1) is 0 Å². The summed E-state index contributed by atoms with van der Waals surface area (Å²) >= 11 is 0. The van der Waals surface area contributed by atoms with E-state index in [2.05, 4.69) is 37.7 Å². The Labute approximate surface area is 110 Å². The number of anilines is 1. The third-order valence-electron chi connectivity index (χ3n) is 4.19. The molecule has 1 aliphatic rings. The zero-order chi connectivity index (χ0) is 13.6. The van der Waals surface area contributed by atoms with Gasteiger partial charge in [-0.1, -0.05) is 13.8 Å². The van der Waals surface area contributed by atoms with Crippen LogP contribution in [0.4, 0.5) is 5.95 Å². The molecule has 0 unspecified atom stereocenters. The second kappa shape index (κ2) is 4.23. The molecule has 0 saturated carbocycles. The summed E-state index contributed by atoms with van der Waals surface area (Å²) in [4.78, 5) is 10.6. The molecular formula is C13H22BN3O. The van der Waals surface area contributed by atoms with Crippen LogP contribution in [0.1, 0.15) is 27.7 Å². The fourth-order valence-corrected chi connectivity index (χ4v) is 2.18. The lowest BCUT2D eigenvalue weighted by Gasteiger charge is -2.34. The Hall–Kier alpha value is -1.10. The maximum atomic E-state index is 6.16. The standard InChI is InChI=1S/C13H22BN3O/c1-12(2)9-14(18-13(12,3)4)10-7-15-11(16-8-10)17(5)6/h7-8H,9H2,1-6H3. The van der Waals surface area contributed by atoms with Gasteiger partial charge in [-0.3, -0.25) is 0 Å². The van der Waals surface area contributed by atoms with Crippen LogP contribution in [0.25, 0.3) is 0 Å². The van der Waals surface area contributed by atoms with Gasteiger partial charge < -0.3 is 9.55 Å². The number of hydrogen-bond donors (Lipinski definition) is 0. The van der Waals surface area contributed by atoms with Crippen molar-refractivity contribution in [2.24, 2.45) is 5.41 Å². The molecule has 5 heteroatoms. The summed E-state index contributed by atoms with van der Waals surface area (Å²) in [6, 6.07) is 0. The molecule has 1 aromatic heterocycles. The van der Waals surface area contributed by atoms with E-state index in [1.54, 1.807) is 0 Å². The van der Waals surface area contributed by atoms with E-state index < -0.39 is 0 Å². The third-order valence-corrected chi connectivity index (χ3v) is 4.19. The van der Waals surface area contributed by atoms with Crippen LogP contribution >= 0.6 is 0 Å². The number of aromatic nitrogens is 2. The van der Waals surface area contributed by atoms with Crippen molar-refractivity contribution in [3.63, 3.8) is 0 Å². The molecule has 0 spiro atoms. The van der Waals surface area contributed by atoms with E-state index >= 15 is 0 Å². The lowest BCUT2D eigenvalue weighted by molar-refractivity contribution is 0.0375. The molecule has 1 aromatic rings. The maximum Gasteiger partial charge on any atom is 0.331 e. The van der Waals surface area contributed by atoms with Crippen molar-refractivity contribution < 1.29 is 4.65 Å². The van der Waals surface area contributed by atoms with E-state index in [-0.39, 0.29) is 17.9 Å². The SMILES string of the molecule is CN(C)c1ncc(B2CC(C)(C)C(C)(C)O2)cn1. The van der Waals surface area contributed by atoms with Crippen molar-refractivity contribution in [1.29, 1.82) is 0 Å². The molecule has 2 heterocycles. The number of hydrogen-bond acceptors (Lipinski definition) is 4. The Morgan fingerprint density at radius 1 is 1.17 bits per heavy atom. The first-order valence-electron chi connectivity index (χ1n) is 6.40. The highest BCUT2D eigenvalue weighted by Crippen LogP contribution is 2.44. The van der Waals surface area contributed by atoms with Crippen LogP contribution in [0.3, 0.4) is 0 Å². The molecule has 1 saturated heterocycles. The topological polar surface area (TPSA) is 38.2 Å². The fourth-order valence-electron chi connectivity index (χ4n) is 2.18. The molecule has 0 N–H and O–H groups in total. The van der Waals surface area contributed by atoms with Crippen molar-refractivity contribution in [2.45, 2.75) is 39.6 Å². The lowest BCUT2D eigenvalue weighted by atomic mass is 9.55. The molecule has 0 radical (unpaired) electrons. The molecule has 1 aliphatic heterocycles. The van der Waals surface area contributed by atoms with Gasteiger partial charge in [-0.25, -0.2) is 9.97 Å². The molecule has 18 heavy (non-hydrogen) atoms. The number of nitrogens with zero attached hydrogens (tertiary/aromatic N) is 3. The van der Waals surface area contributed by atoms with Crippen LogP contribution in [0.15, 0.2) is 12.4 Å². The molecule has 0 atom stereocenters. The Bertz CT molecular complexity index is 412. The summed E-state index contributed by atoms with van der Waals surface area (Å²) in [6.07, 6.45) is 4.76. The smallest absolute Gasteiger partial charge is 0.331 e. The predicted octanol–water partition coefficient (Wildman–Crippen LogP) is 1.58. The monoisotopic (exact) mass is 247 g/mol. The first kappa shape index (κ1) is 13.3. The van der Waals surface area contributed by atoms with E-state index in [0.29, 0.717) is 0 Å². The molecular weight excluding hydrogens is 225 g/mol. The van der Waals surface area contributed by atoms with E-state index in [4.69, 9.17) is 4.65 Å². The lowest BCUT2D eigenvalue weighted by Crippen LogP contribution is -2.36. The van der Waals surface area contributed by atoms with Gasteiger partial charge in [0.15, 0.2) is 0 Å². The maximum absolute atomic E-state index is 6.16. The predicted molar refractivity (Wildman–Crippen MR) is 75.5 cm³/mol. The third kappa shape index (κ3) is 2.24. The van der Waals surface area contributed by atoms with Crippen LogP contribution in [0.2, 0.25) is 6.32 Å². The van der Waals surface area contributed by atoms with Gasteiger partial charge in [-0.05, 0) is 31.0 Å². The average Bonchev–Trinajstić information content (AvgIpc) is 2.48. The van der Waals surface area contributed by atoms with Crippen LogP contribution in [0.5, 0.6) is 0 Å². The van der Waals surface area contributed by atoms with Gasteiger partial charge in [0, 0.05) is 26.5 Å². The molecule has 0 aromatic carbocycles. The van der Waals surface area contributed by atoms with E-state index in [1.807, 2.05) is 31.4 Å².